The summed E-state index contributed by atoms with van der Waals surface area (Å²) in [4.78, 5) is 37.9. The Balaban J connectivity index is 1.49. The van der Waals surface area contributed by atoms with Gasteiger partial charge in [0.25, 0.3) is 11.8 Å². The largest absolute Gasteiger partial charge is 0.489 e. The second-order valence-electron chi connectivity index (χ2n) is 5.98. The number of carbonyl (C=O) groups excluding carboxylic acids is 3. The van der Waals surface area contributed by atoms with Crippen LogP contribution in [0, 0.1) is 0 Å². The standard InChI is InChI=1S/C19H14ClNO6/c20-14-8-11(9-15-16(14)26-7-3-6-25-15)19(24)27-10-21-17(22)12-4-1-2-5-13(12)18(21)23/h1-2,4-5,8-9H,3,6-7,10H2. The van der Waals surface area contributed by atoms with Gasteiger partial charge in [-0.25, -0.2) is 9.69 Å². The zero-order chi connectivity index (χ0) is 19.0. The summed E-state index contributed by atoms with van der Waals surface area (Å²) in [5.74, 6) is -0.997. The van der Waals surface area contributed by atoms with Crippen LogP contribution in [-0.2, 0) is 4.74 Å². The minimum atomic E-state index is -0.732. The molecule has 138 valence electrons. The summed E-state index contributed by atoms with van der Waals surface area (Å²) < 4.78 is 16.2. The normalized spacial score (nSPS) is 15.4. The Morgan fingerprint density at radius 2 is 1.74 bits per heavy atom. The Labute approximate surface area is 159 Å². The van der Waals surface area contributed by atoms with Crippen molar-refractivity contribution in [3.05, 3.63) is 58.1 Å². The highest BCUT2D eigenvalue weighted by Crippen LogP contribution is 2.38. The highest BCUT2D eigenvalue weighted by molar-refractivity contribution is 6.32. The number of nitrogens with zero attached hydrogens (tertiary/aromatic N) is 1. The van der Waals surface area contributed by atoms with Crippen LogP contribution < -0.4 is 9.47 Å². The first kappa shape index (κ1) is 17.4. The quantitative estimate of drug-likeness (QED) is 0.595. The molecular weight excluding hydrogens is 374 g/mol. The van der Waals surface area contributed by atoms with Crippen molar-refractivity contribution in [2.24, 2.45) is 0 Å². The monoisotopic (exact) mass is 387 g/mol. The van der Waals surface area contributed by atoms with Gasteiger partial charge in [0, 0.05) is 6.42 Å². The maximum Gasteiger partial charge on any atom is 0.340 e. The number of esters is 1. The van der Waals surface area contributed by atoms with E-state index in [1.807, 2.05) is 0 Å². The SMILES string of the molecule is O=C(OCN1C(=O)c2ccccc2C1=O)c1cc(Cl)c2c(c1)OCCCO2. The summed E-state index contributed by atoms with van der Waals surface area (Å²) in [6.07, 6.45) is 0.699. The summed E-state index contributed by atoms with van der Waals surface area (Å²) in [6, 6.07) is 9.32. The third kappa shape index (κ3) is 3.10. The molecule has 2 aliphatic rings. The molecule has 0 bridgehead atoms. The second-order valence-corrected chi connectivity index (χ2v) is 6.39. The predicted octanol–water partition coefficient (Wildman–Crippen LogP) is 2.91. The van der Waals surface area contributed by atoms with Crippen molar-refractivity contribution in [1.29, 1.82) is 0 Å². The molecule has 0 aliphatic carbocycles. The van der Waals surface area contributed by atoms with E-state index in [9.17, 15) is 14.4 Å². The van der Waals surface area contributed by atoms with Gasteiger partial charge in [0.2, 0.25) is 0 Å². The first-order valence-electron chi connectivity index (χ1n) is 8.28. The average molecular weight is 388 g/mol. The molecule has 2 aromatic rings. The molecular formula is C19H14ClNO6. The lowest BCUT2D eigenvalue weighted by Gasteiger charge is -2.15. The Morgan fingerprint density at radius 3 is 2.44 bits per heavy atom. The van der Waals surface area contributed by atoms with Crippen LogP contribution in [0.1, 0.15) is 37.5 Å². The van der Waals surface area contributed by atoms with Gasteiger partial charge < -0.3 is 14.2 Å². The molecule has 0 spiro atoms. The van der Waals surface area contributed by atoms with Crippen molar-refractivity contribution in [2.45, 2.75) is 6.42 Å². The van der Waals surface area contributed by atoms with E-state index in [4.69, 9.17) is 25.8 Å². The van der Waals surface area contributed by atoms with Crippen LogP contribution in [0.5, 0.6) is 11.5 Å². The molecule has 7 nitrogen and oxygen atoms in total. The summed E-state index contributed by atoms with van der Waals surface area (Å²) in [5.41, 5.74) is 0.718. The van der Waals surface area contributed by atoms with Crippen LogP contribution in [0.3, 0.4) is 0 Å². The topological polar surface area (TPSA) is 82.1 Å². The predicted molar refractivity (Wildman–Crippen MR) is 94.3 cm³/mol. The van der Waals surface area contributed by atoms with E-state index in [2.05, 4.69) is 0 Å². The number of rotatable bonds is 3. The maximum absolute atomic E-state index is 12.4. The van der Waals surface area contributed by atoms with Crippen LogP contribution in [-0.4, -0.2) is 42.6 Å². The Hall–Kier alpha value is -3.06. The molecule has 0 atom stereocenters. The van der Waals surface area contributed by atoms with Gasteiger partial charge >= 0.3 is 5.97 Å². The molecule has 0 saturated carbocycles. The van der Waals surface area contributed by atoms with Crippen molar-refractivity contribution in [3.63, 3.8) is 0 Å². The van der Waals surface area contributed by atoms with Gasteiger partial charge in [-0.05, 0) is 24.3 Å². The van der Waals surface area contributed by atoms with Gasteiger partial charge in [0.15, 0.2) is 18.2 Å². The molecule has 2 heterocycles. The molecule has 0 aromatic heterocycles. The van der Waals surface area contributed by atoms with E-state index < -0.39 is 24.5 Å². The number of fused-ring (bicyclic) bond motifs is 2. The van der Waals surface area contributed by atoms with Crippen LogP contribution in [0.25, 0.3) is 0 Å². The average Bonchev–Trinajstić information content (AvgIpc) is 2.84. The smallest absolute Gasteiger partial charge is 0.340 e. The van der Waals surface area contributed by atoms with Crippen molar-refractivity contribution in [1.82, 2.24) is 4.90 Å². The molecule has 0 radical (unpaired) electrons. The second kappa shape index (κ2) is 6.92. The summed E-state index contributed by atoms with van der Waals surface area (Å²) in [6.45, 7) is 0.421. The van der Waals surface area contributed by atoms with Crippen LogP contribution >= 0.6 is 11.6 Å². The van der Waals surface area contributed by atoms with Gasteiger partial charge in [0.1, 0.15) is 0 Å². The molecule has 0 fully saturated rings. The third-order valence-corrected chi connectivity index (χ3v) is 4.52. The number of halogens is 1. The maximum atomic E-state index is 12.4. The minimum Gasteiger partial charge on any atom is -0.489 e. The summed E-state index contributed by atoms with van der Waals surface area (Å²) in [5, 5.41) is 0.224. The Bertz CT molecular complexity index is 922. The molecule has 2 amide bonds. The van der Waals surface area contributed by atoms with Crippen molar-refractivity contribution < 1.29 is 28.6 Å². The number of ether oxygens (including phenoxy) is 3. The van der Waals surface area contributed by atoms with E-state index in [0.717, 1.165) is 4.90 Å². The molecule has 2 aromatic carbocycles. The highest BCUT2D eigenvalue weighted by atomic mass is 35.5. The number of imide groups is 1. The third-order valence-electron chi connectivity index (χ3n) is 4.24. The number of benzene rings is 2. The number of amides is 2. The molecule has 2 aliphatic heterocycles. The molecule has 0 unspecified atom stereocenters. The van der Waals surface area contributed by atoms with Crippen molar-refractivity contribution in [2.75, 3.05) is 19.9 Å². The Kier molecular flexibility index (Phi) is 4.45. The number of carbonyl (C=O) groups is 3. The van der Waals surface area contributed by atoms with Crippen molar-refractivity contribution in [3.8, 4) is 11.5 Å². The van der Waals surface area contributed by atoms with Gasteiger partial charge in [-0.15, -0.1) is 0 Å². The van der Waals surface area contributed by atoms with E-state index >= 15 is 0 Å². The van der Waals surface area contributed by atoms with E-state index in [0.29, 0.717) is 31.1 Å². The number of hydrogen-bond donors (Lipinski definition) is 0. The fraction of sp³-hybridized carbons (Fsp3) is 0.211. The molecule has 0 saturated heterocycles. The molecule has 8 heteroatoms. The lowest BCUT2D eigenvalue weighted by molar-refractivity contribution is 0.0228. The van der Waals surface area contributed by atoms with Gasteiger partial charge in [0.05, 0.1) is 34.9 Å². The van der Waals surface area contributed by atoms with Crippen LogP contribution in [0.2, 0.25) is 5.02 Å². The fourth-order valence-corrected chi connectivity index (χ4v) is 3.18. The van der Waals surface area contributed by atoms with Crippen LogP contribution in [0.4, 0.5) is 0 Å². The molecule has 0 N–H and O–H groups in total. The van der Waals surface area contributed by atoms with Gasteiger partial charge in [-0.1, -0.05) is 23.7 Å². The summed E-state index contributed by atoms with van der Waals surface area (Å²) >= 11 is 6.17. The van der Waals surface area contributed by atoms with Gasteiger partial charge in [-0.3, -0.25) is 9.59 Å². The zero-order valence-corrected chi connectivity index (χ0v) is 14.8. The Morgan fingerprint density at radius 1 is 1.07 bits per heavy atom. The lowest BCUT2D eigenvalue weighted by atomic mass is 10.1. The van der Waals surface area contributed by atoms with Gasteiger partial charge in [-0.2, -0.15) is 0 Å². The highest BCUT2D eigenvalue weighted by Gasteiger charge is 2.36. The van der Waals surface area contributed by atoms with E-state index in [-0.39, 0.29) is 21.7 Å². The molecule has 4 rings (SSSR count). The first-order valence-corrected chi connectivity index (χ1v) is 8.65. The number of hydrogen-bond acceptors (Lipinski definition) is 6. The fourth-order valence-electron chi connectivity index (χ4n) is 2.91. The van der Waals surface area contributed by atoms with E-state index in [1.165, 1.54) is 12.1 Å². The first-order chi connectivity index (χ1) is 13.1. The van der Waals surface area contributed by atoms with Crippen molar-refractivity contribution >= 4 is 29.4 Å². The zero-order valence-electron chi connectivity index (χ0n) is 14.1. The summed E-state index contributed by atoms with van der Waals surface area (Å²) in [7, 11) is 0. The minimum absolute atomic E-state index is 0.140. The molecule has 27 heavy (non-hydrogen) atoms. The lowest BCUT2D eigenvalue weighted by Crippen LogP contribution is -2.33. The van der Waals surface area contributed by atoms with E-state index in [1.54, 1.807) is 24.3 Å². The van der Waals surface area contributed by atoms with Crippen LogP contribution in [0.15, 0.2) is 36.4 Å².